The normalized spacial score (nSPS) is 15.5. The van der Waals surface area contributed by atoms with Crippen LogP contribution >= 0.6 is 24.4 Å². The first-order valence-electron chi connectivity index (χ1n) is 3.35. The van der Waals surface area contributed by atoms with Crippen molar-refractivity contribution in [2.75, 3.05) is 0 Å². The fourth-order valence-electron chi connectivity index (χ4n) is 1.02. The highest BCUT2D eigenvalue weighted by Crippen LogP contribution is 2.29. The minimum atomic E-state index is 0.780. The smallest absolute Gasteiger partial charge is 0.126 e. The standard InChI is InChI=1S/C8H7NS2/c10-8-9-5-6-3-1-2-4-7(6)11-8/h1-4H,5H2,(H,9,10). The highest BCUT2D eigenvalue weighted by Gasteiger charge is 2.08. The topological polar surface area (TPSA) is 12.4 Å². The van der Waals surface area contributed by atoms with E-state index in [0.717, 1.165) is 10.9 Å². The van der Waals surface area contributed by atoms with Crippen molar-refractivity contribution >= 4 is 28.8 Å². The molecule has 2 rings (SSSR count). The van der Waals surface area contributed by atoms with Crippen LogP contribution in [0.5, 0.6) is 0 Å². The third-order valence-electron chi connectivity index (χ3n) is 1.56. The maximum atomic E-state index is 4.22. The highest BCUT2D eigenvalue weighted by molar-refractivity contribution is 8.32. The van der Waals surface area contributed by atoms with Gasteiger partial charge in [-0.1, -0.05) is 30.0 Å². The van der Waals surface area contributed by atoms with E-state index in [1.807, 2.05) is 12.1 Å². The van der Waals surface area contributed by atoms with Gasteiger partial charge in [-0.15, -0.1) is 12.6 Å². The largest absolute Gasteiger partial charge is 0.267 e. The van der Waals surface area contributed by atoms with Crippen LogP contribution in [0.25, 0.3) is 0 Å². The molecule has 1 aliphatic rings. The van der Waals surface area contributed by atoms with Gasteiger partial charge >= 0.3 is 0 Å². The molecular weight excluding hydrogens is 174 g/mol. The summed E-state index contributed by atoms with van der Waals surface area (Å²) in [5, 5.41) is 0. The lowest BCUT2D eigenvalue weighted by Gasteiger charge is -2.10. The van der Waals surface area contributed by atoms with Crippen LogP contribution in [-0.4, -0.2) is 4.38 Å². The van der Waals surface area contributed by atoms with Crippen molar-refractivity contribution in [2.24, 2.45) is 4.99 Å². The van der Waals surface area contributed by atoms with Crippen LogP contribution < -0.4 is 0 Å². The Morgan fingerprint density at radius 1 is 1.36 bits per heavy atom. The Balaban J connectivity index is 2.42. The quantitative estimate of drug-likeness (QED) is 0.607. The summed E-state index contributed by atoms with van der Waals surface area (Å²) in [5.41, 5.74) is 1.30. The van der Waals surface area contributed by atoms with E-state index in [9.17, 15) is 0 Å². The van der Waals surface area contributed by atoms with E-state index in [4.69, 9.17) is 0 Å². The number of hydrogen-bond acceptors (Lipinski definition) is 2. The molecule has 1 aromatic rings. The second kappa shape index (κ2) is 2.91. The zero-order chi connectivity index (χ0) is 7.68. The summed E-state index contributed by atoms with van der Waals surface area (Å²) in [7, 11) is 0. The number of hydrogen-bond donors (Lipinski definition) is 1. The molecule has 0 spiro atoms. The summed E-state index contributed by atoms with van der Waals surface area (Å²) in [6.45, 7) is 0.780. The first-order chi connectivity index (χ1) is 5.36. The van der Waals surface area contributed by atoms with Crippen LogP contribution in [0.4, 0.5) is 0 Å². The number of thiol groups is 1. The molecule has 0 unspecified atom stereocenters. The number of aliphatic imine (C=N–C) groups is 1. The molecule has 1 aliphatic heterocycles. The first kappa shape index (κ1) is 7.25. The Hall–Kier alpha value is -0.410. The number of rotatable bonds is 0. The minimum absolute atomic E-state index is 0.780. The summed E-state index contributed by atoms with van der Waals surface area (Å²) >= 11 is 5.82. The molecule has 0 fully saturated rings. The molecule has 0 bridgehead atoms. The Labute approximate surface area is 75.3 Å². The van der Waals surface area contributed by atoms with Crippen LogP contribution in [0.15, 0.2) is 34.2 Å². The van der Waals surface area contributed by atoms with Gasteiger partial charge in [-0.05, 0) is 11.6 Å². The molecule has 0 aromatic heterocycles. The van der Waals surface area contributed by atoms with Gasteiger partial charge in [0.05, 0.1) is 6.54 Å². The fourth-order valence-corrected chi connectivity index (χ4v) is 2.12. The Morgan fingerprint density at radius 3 is 3.09 bits per heavy atom. The highest BCUT2D eigenvalue weighted by atomic mass is 32.2. The predicted octanol–water partition coefficient (Wildman–Crippen LogP) is 2.58. The molecule has 1 aromatic carbocycles. The average Bonchev–Trinajstić information content (AvgIpc) is 2.04. The lowest BCUT2D eigenvalue weighted by Crippen LogP contribution is -1.95. The van der Waals surface area contributed by atoms with Gasteiger partial charge in [-0.3, -0.25) is 4.99 Å². The van der Waals surface area contributed by atoms with Gasteiger partial charge in [0.1, 0.15) is 4.38 Å². The molecular formula is C8H7NS2. The van der Waals surface area contributed by atoms with E-state index in [-0.39, 0.29) is 0 Å². The zero-order valence-electron chi connectivity index (χ0n) is 5.82. The van der Waals surface area contributed by atoms with Crippen molar-refractivity contribution in [3.63, 3.8) is 0 Å². The van der Waals surface area contributed by atoms with Crippen molar-refractivity contribution in [3.05, 3.63) is 29.8 Å². The molecule has 0 radical (unpaired) electrons. The van der Waals surface area contributed by atoms with E-state index in [1.165, 1.54) is 10.5 Å². The molecule has 0 atom stereocenters. The molecule has 0 N–H and O–H groups in total. The van der Waals surface area contributed by atoms with E-state index in [0.29, 0.717) is 0 Å². The van der Waals surface area contributed by atoms with Crippen molar-refractivity contribution < 1.29 is 0 Å². The molecule has 1 heterocycles. The lowest BCUT2D eigenvalue weighted by atomic mass is 10.2. The fraction of sp³-hybridized carbons (Fsp3) is 0.125. The average molecular weight is 181 g/mol. The third-order valence-corrected chi connectivity index (χ3v) is 2.90. The number of fused-ring (bicyclic) bond motifs is 1. The number of nitrogens with zero attached hydrogens (tertiary/aromatic N) is 1. The van der Waals surface area contributed by atoms with Gasteiger partial charge < -0.3 is 0 Å². The van der Waals surface area contributed by atoms with Gasteiger partial charge in [-0.2, -0.15) is 0 Å². The van der Waals surface area contributed by atoms with E-state index in [2.05, 4.69) is 29.8 Å². The van der Waals surface area contributed by atoms with Gasteiger partial charge in [0.2, 0.25) is 0 Å². The van der Waals surface area contributed by atoms with Gasteiger partial charge in [0, 0.05) is 4.90 Å². The Bertz CT molecular complexity index is 307. The van der Waals surface area contributed by atoms with Crippen LogP contribution in [0, 0.1) is 0 Å². The van der Waals surface area contributed by atoms with Crippen molar-refractivity contribution in [1.82, 2.24) is 0 Å². The zero-order valence-corrected chi connectivity index (χ0v) is 7.53. The molecule has 11 heavy (non-hydrogen) atoms. The summed E-state index contributed by atoms with van der Waals surface area (Å²) in [5.74, 6) is 0. The molecule has 56 valence electrons. The minimum Gasteiger partial charge on any atom is -0.267 e. The van der Waals surface area contributed by atoms with Crippen LogP contribution in [0.2, 0.25) is 0 Å². The molecule has 3 heteroatoms. The Morgan fingerprint density at radius 2 is 2.18 bits per heavy atom. The second-order valence-corrected chi connectivity index (χ2v) is 4.07. The lowest BCUT2D eigenvalue weighted by molar-refractivity contribution is 1.03. The summed E-state index contributed by atoms with van der Waals surface area (Å²) < 4.78 is 0.865. The predicted molar refractivity (Wildman–Crippen MR) is 52.4 cm³/mol. The molecule has 0 saturated carbocycles. The first-order valence-corrected chi connectivity index (χ1v) is 4.62. The third kappa shape index (κ3) is 1.44. The maximum Gasteiger partial charge on any atom is 0.126 e. The maximum absolute atomic E-state index is 4.22. The van der Waals surface area contributed by atoms with Gasteiger partial charge in [0.15, 0.2) is 0 Å². The number of benzene rings is 1. The summed E-state index contributed by atoms with van der Waals surface area (Å²) in [6.07, 6.45) is 0. The van der Waals surface area contributed by atoms with Crippen LogP contribution in [-0.2, 0) is 6.54 Å². The number of thioether (sulfide) groups is 1. The SMILES string of the molecule is SC1=NCc2ccccc2S1. The Kier molecular flexibility index (Phi) is 1.92. The van der Waals surface area contributed by atoms with Crippen molar-refractivity contribution in [2.45, 2.75) is 11.4 Å². The van der Waals surface area contributed by atoms with E-state index in [1.54, 1.807) is 11.8 Å². The summed E-state index contributed by atoms with van der Waals surface area (Å²) in [4.78, 5) is 5.50. The van der Waals surface area contributed by atoms with Crippen molar-refractivity contribution in [1.29, 1.82) is 0 Å². The monoisotopic (exact) mass is 181 g/mol. The van der Waals surface area contributed by atoms with Crippen molar-refractivity contribution in [3.8, 4) is 0 Å². The van der Waals surface area contributed by atoms with E-state index >= 15 is 0 Å². The summed E-state index contributed by atoms with van der Waals surface area (Å²) in [6, 6.07) is 8.29. The molecule has 0 saturated heterocycles. The van der Waals surface area contributed by atoms with Crippen LogP contribution in [0.3, 0.4) is 0 Å². The van der Waals surface area contributed by atoms with Gasteiger partial charge in [-0.25, -0.2) is 0 Å². The molecule has 1 nitrogen and oxygen atoms in total. The van der Waals surface area contributed by atoms with E-state index < -0.39 is 0 Å². The molecule has 0 aliphatic carbocycles. The molecule has 0 amide bonds. The van der Waals surface area contributed by atoms with Crippen LogP contribution in [0.1, 0.15) is 5.56 Å². The van der Waals surface area contributed by atoms with Gasteiger partial charge in [0.25, 0.3) is 0 Å². The second-order valence-electron chi connectivity index (χ2n) is 2.31.